The second kappa shape index (κ2) is 9.86. The molecular formula is C23H12Cl5N3O3. The van der Waals surface area contributed by atoms with Gasteiger partial charge in [0.15, 0.2) is 0 Å². The maximum atomic E-state index is 13.0. The van der Waals surface area contributed by atoms with Crippen LogP contribution in [0.5, 0.6) is 0 Å². The first-order valence-electron chi connectivity index (χ1n) is 9.53. The summed E-state index contributed by atoms with van der Waals surface area (Å²) in [6.45, 7) is 0. The first kappa shape index (κ1) is 24.4. The van der Waals surface area contributed by atoms with Gasteiger partial charge in [0.1, 0.15) is 10.7 Å². The normalized spacial score (nSPS) is 13.5. The summed E-state index contributed by atoms with van der Waals surface area (Å²) in [6, 6.07) is 15.6. The molecule has 1 aliphatic rings. The van der Waals surface area contributed by atoms with Gasteiger partial charge in [-0.1, -0.05) is 64.1 Å². The Bertz CT molecular complexity index is 1370. The summed E-state index contributed by atoms with van der Waals surface area (Å²) >= 11 is 30.2. The van der Waals surface area contributed by atoms with Gasteiger partial charge in [-0.15, -0.1) is 0 Å². The van der Waals surface area contributed by atoms with Crippen molar-refractivity contribution in [2.45, 2.75) is 0 Å². The average Bonchev–Trinajstić information content (AvgIpc) is 3.00. The number of halogens is 5. The smallest absolute Gasteiger partial charge is 0.283 e. The SMILES string of the molecule is O=C(Nc1cccc(Cl)c1)c1ccc(NC2=C(Cl)C(=O)N(c3cc(Cl)c(Cl)cc3Cl)C2=O)cc1. The summed E-state index contributed by atoms with van der Waals surface area (Å²) in [5.41, 5.74) is 1.24. The number of hydrogen-bond donors (Lipinski definition) is 2. The largest absolute Gasteiger partial charge is 0.350 e. The second-order valence-electron chi connectivity index (χ2n) is 7.02. The number of rotatable bonds is 5. The van der Waals surface area contributed by atoms with Crippen LogP contribution >= 0.6 is 58.0 Å². The maximum absolute atomic E-state index is 13.0. The van der Waals surface area contributed by atoms with Crippen molar-refractivity contribution >= 4 is 92.8 Å². The molecule has 0 unspecified atom stereocenters. The molecule has 2 N–H and O–H groups in total. The van der Waals surface area contributed by atoms with Gasteiger partial charge in [-0.05, 0) is 54.6 Å². The molecule has 34 heavy (non-hydrogen) atoms. The van der Waals surface area contributed by atoms with Gasteiger partial charge < -0.3 is 10.6 Å². The minimum atomic E-state index is -0.771. The third-order valence-electron chi connectivity index (χ3n) is 4.76. The van der Waals surface area contributed by atoms with E-state index < -0.39 is 11.8 Å². The Hall–Kier alpha value is -2.74. The molecule has 4 rings (SSSR count). The van der Waals surface area contributed by atoms with E-state index in [1.165, 1.54) is 12.1 Å². The van der Waals surface area contributed by atoms with E-state index in [4.69, 9.17) is 58.0 Å². The van der Waals surface area contributed by atoms with Gasteiger partial charge in [-0.2, -0.15) is 0 Å². The van der Waals surface area contributed by atoms with E-state index in [0.29, 0.717) is 22.0 Å². The minimum absolute atomic E-state index is 0.0500. The van der Waals surface area contributed by atoms with Gasteiger partial charge in [-0.3, -0.25) is 14.4 Å². The molecule has 0 spiro atoms. The zero-order valence-electron chi connectivity index (χ0n) is 16.8. The number of amides is 3. The topological polar surface area (TPSA) is 78.5 Å². The van der Waals surface area contributed by atoms with Gasteiger partial charge >= 0.3 is 0 Å². The molecular weight excluding hydrogens is 544 g/mol. The molecule has 11 heteroatoms. The molecule has 0 aliphatic carbocycles. The van der Waals surface area contributed by atoms with Crippen LogP contribution in [0.3, 0.4) is 0 Å². The molecule has 3 aromatic carbocycles. The van der Waals surface area contributed by atoms with E-state index >= 15 is 0 Å². The van der Waals surface area contributed by atoms with E-state index in [2.05, 4.69) is 10.6 Å². The van der Waals surface area contributed by atoms with Crippen LogP contribution in [0.1, 0.15) is 10.4 Å². The molecule has 0 bridgehead atoms. The van der Waals surface area contributed by atoms with Gasteiger partial charge in [0, 0.05) is 22.0 Å². The molecule has 1 heterocycles. The van der Waals surface area contributed by atoms with Crippen molar-refractivity contribution in [2.75, 3.05) is 15.5 Å². The van der Waals surface area contributed by atoms with E-state index in [0.717, 1.165) is 4.90 Å². The molecule has 0 atom stereocenters. The van der Waals surface area contributed by atoms with Crippen LogP contribution in [0.4, 0.5) is 17.1 Å². The lowest BCUT2D eigenvalue weighted by atomic mass is 10.2. The molecule has 0 aromatic heterocycles. The van der Waals surface area contributed by atoms with E-state index in [1.54, 1.807) is 48.5 Å². The Labute approximate surface area is 219 Å². The number of nitrogens with zero attached hydrogens (tertiary/aromatic N) is 1. The summed E-state index contributed by atoms with van der Waals surface area (Å²) in [7, 11) is 0. The predicted molar refractivity (Wildman–Crippen MR) is 136 cm³/mol. The zero-order chi connectivity index (χ0) is 24.6. The Balaban J connectivity index is 1.51. The Morgan fingerprint density at radius 1 is 0.735 bits per heavy atom. The van der Waals surface area contributed by atoms with Crippen LogP contribution in [0.25, 0.3) is 0 Å². The number of benzene rings is 3. The monoisotopic (exact) mass is 553 g/mol. The van der Waals surface area contributed by atoms with Gasteiger partial charge in [0.05, 0.1) is 20.8 Å². The third kappa shape index (κ3) is 4.87. The fourth-order valence-corrected chi connectivity index (χ4v) is 4.16. The third-order valence-corrected chi connectivity index (χ3v) is 6.37. The van der Waals surface area contributed by atoms with Crippen LogP contribution in [-0.2, 0) is 9.59 Å². The fraction of sp³-hybridized carbons (Fsp3) is 0. The van der Waals surface area contributed by atoms with Crippen molar-refractivity contribution < 1.29 is 14.4 Å². The standard InChI is InChI=1S/C23H12Cl5N3O3/c24-12-2-1-3-14(8-12)30-21(32)11-4-6-13(7-5-11)29-20-19(28)22(33)31(23(20)34)18-10-16(26)15(25)9-17(18)27/h1-10,29H,(H,30,32). The molecule has 1 aliphatic heterocycles. The molecule has 3 amide bonds. The molecule has 0 radical (unpaired) electrons. The lowest BCUT2D eigenvalue weighted by Gasteiger charge is -2.17. The number of hydrogen-bond acceptors (Lipinski definition) is 4. The van der Waals surface area contributed by atoms with Gasteiger partial charge in [0.25, 0.3) is 17.7 Å². The lowest BCUT2D eigenvalue weighted by Crippen LogP contribution is -2.32. The fourth-order valence-electron chi connectivity index (χ4n) is 3.13. The van der Waals surface area contributed by atoms with Crippen molar-refractivity contribution in [2.24, 2.45) is 0 Å². The average molecular weight is 556 g/mol. The highest BCUT2D eigenvalue weighted by atomic mass is 35.5. The molecule has 0 saturated heterocycles. The number of carbonyl (C=O) groups excluding carboxylic acids is 3. The van der Waals surface area contributed by atoms with Crippen molar-refractivity contribution in [3.8, 4) is 0 Å². The Morgan fingerprint density at radius 2 is 1.41 bits per heavy atom. The summed E-state index contributed by atoms with van der Waals surface area (Å²) in [4.78, 5) is 38.9. The number of nitrogens with one attached hydrogen (secondary N) is 2. The van der Waals surface area contributed by atoms with Crippen LogP contribution in [0, 0.1) is 0 Å². The van der Waals surface area contributed by atoms with Crippen molar-refractivity contribution in [3.63, 3.8) is 0 Å². The summed E-state index contributed by atoms with van der Waals surface area (Å²) in [5.74, 6) is -1.84. The summed E-state index contributed by atoms with van der Waals surface area (Å²) in [5, 5.41) is 6.07. The van der Waals surface area contributed by atoms with Crippen LogP contribution < -0.4 is 15.5 Å². The van der Waals surface area contributed by atoms with E-state index in [9.17, 15) is 14.4 Å². The van der Waals surface area contributed by atoms with Gasteiger partial charge in [-0.25, -0.2) is 4.90 Å². The first-order valence-corrected chi connectivity index (χ1v) is 11.4. The number of carbonyl (C=O) groups is 3. The Kier molecular flexibility index (Phi) is 7.07. The highest BCUT2D eigenvalue weighted by molar-refractivity contribution is 6.54. The van der Waals surface area contributed by atoms with E-state index in [1.807, 2.05) is 0 Å². The summed E-state index contributed by atoms with van der Waals surface area (Å²) in [6.07, 6.45) is 0. The van der Waals surface area contributed by atoms with Crippen molar-refractivity contribution in [1.82, 2.24) is 0 Å². The molecule has 0 fully saturated rings. The first-order chi connectivity index (χ1) is 16.2. The van der Waals surface area contributed by atoms with Crippen molar-refractivity contribution in [3.05, 3.63) is 97.0 Å². The van der Waals surface area contributed by atoms with E-state index in [-0.39, 0.29) is 37.4 Å². The number of imide groups is 1. The zero-order valence-corrected chi connectivity index (χ0v) is 20.6. The van der Waals surface area contributed by atoms with Gasteiger partial charge in [0.2, 0.25) is 0 Å². The maximum Gasteiger partial charge on any atom is 0.283 e. The van der Waals surface area contributed by atoms with Crippen LogP contribution in [-0.4, -0.2) is 17.7 Å². The predicted octanol–water partition coefficient (Wildman–Crippen LogP) is 6.99. The highest BCUT2D eigenvalue weighted by Gasteiger charge is 2.40. The molecule has 172 valence electrons. The highest BCUT2D eigenvalue weighted by Crippen LogP contribution is 2.38. The number of anilines is 3. The van der Waals surface area contributed by atoms with Crippen LogP contribution in [0.2, 0.25) is 20.1 Å². The summed E-state index contributed by atoms with van der Waals surface area (Å²) < 4.78 is 0. The van der Waals surface area contributed by atoms with Crippen LogP contribution in [0.15, 0.2) is 71.4 Å². The molecule has 0 saturated carbocycles. The minimum Gasteiger partial charge on any atom is -0.350 e. The quantitative estimate of drug-likeness (QED) is 0.263. The second-order valence-corrected chi connectivity index (χ2v) is 9.06. The molecule has 3 aromatic rings. The van der Waals surface area contributed by atoms with Crippen molar-refractivity contribution in [1.29, 1.82) is 0 Å². The lowest BCUT2D eigenvalue weighted by molar-refractivity contribution is -0.120. The molecule has 6 nitrogen and oxygen atoms in total. The Morgan fingerprint density at radius 3 is 2.09 bits per heavy atom.